The number of ether oxygens (including phenoxy) is 1. The van der Waals surface area contributed by atoms with E-state index in [4.69, 9.17) is 14.6 Å². The Hall–Kier alpha value is -2.19. The molecule has 1 aromatic rings. The van der Waals surface area contributed by atoms with Gasteiger partial charge in [0.05, 0.1) is 19.1 Å². The predicted octanol–water partition coefficient (Wildman–Crippen LogP) is 3.40. The highest BCUT2D eigenvalue weighted by Gasteiger charge is 2.48. The lowest BCUT2D eigenvalue weighted by Gasteiger charge is -2.40. The highest BCUT2D eigenvalue weighted by molar-refractivity contribution is 6.74. The average Bonchev–Trinajstić information content (AvgIpc) is 2.89. The Kier molecular flexibility index (Phi) is 6.66. The number of amidine groups is 1. The minimum Gasteiger partial charge on any atom is -0.460 e. The van der Waals surface area contributed by atoms with Crippen LogP contribution in [0.25, 0.3) is 0 Å². The van der Waals surface area contributed by atoms with E-state index in [1.54, 1.807) is 6.92 Å². The molecule has 1 fully saturated rings. The molecule has 2 rings (SSSR count). The maximum absolute atomic E-state index is 12.8. The molecule has 1 aliphatic heterocycles. The first-order valence-electron chi connectivity index (χ1n) is 9.55. The van der Waals surface area contributed by atoms with E-state index in [0.29, 0.717) is 0 Å². The van der Waals surface area contributed by atoms with Gasteiger partial charge in [-0.1, -0.05) is 51.1 Å². The van der Waals surface area contributed by atoms with Crippen LogP contribution in [0.3, 0.4) is 0 Å². The summed E-state index contributed by atoms with van der Waals surface area (Å²) in [5, 5.41) is 9.27. The summed E-state index contributed by atoms with van der Waals surface area (Å²) in [6, 6.07) is 9.12. The Morgan fingerprint density at radius 3 is 2.43 bits per heavy atom. The molecule has 0 radical (unpaired) electrons. The van der Waals surface area contributed by atoms with E-state index >= 15 is 0 Å². The van der Waals surface area contributed by atoms with Gasteiger partial charge in [-0.15, -0.1) is 0 Å². The predicted molar refractivity (Wildman–Crippen MR) is 110 cm³/mol. The molecule has 0 saturated carbocycles. The maximum atomic E-state index is 12.8. The molecule has 1 saturated heterocycles. The quantitative estimate of drug-likeness (QED) is 0.339. The van der Waals surface area contributed by atoms with E-state index in [1.165, 1.54) is 5.01 Å². The monoisotopic (exact) mass is 405 g/mol. The molecule has 1 unspecified atom stereocenters. The number of hydrazine groups is 1. The van der Waals surface area contributed by atoms with Gasteiger partial charge in [0.2, 0.25) is 11.7 Å². The summed E-state index contributed by atoms with van der Waals surface area (Å²) >= 11 is 0. The highest BCUT2D eigenvalue weighted by atomic mass is 28.4. The van der Waals surface area contributed by atoms with Crippen molar-refractivity contribution in [3.8, 4) is 0 Å². The molecule has 2 atom stereocenters. The summed E-state index contributed by atoms with van der Waals surface area (Å²) in [4.78, 5) is 24.6. The number of benzene rings is 1. The Morgan fingerprint density at radius 2 is 1.89 bits per heavy atom. The van der Waals surface area contributed by atoms with Crippen molar-refractivity contribution in [2.75, 3.05) is 6.61 Å². The topological polar surface area (TPSA) is 91.7 Å². The van der Waals surface area contributed by atoms with Crippen LogP contribution in [0.4, 0.5) is 0 Å². The number of rotatable bonds is 5. The summed E-state index contributed by atoms with van der Waals surface area (Å²) in [6.45, 7) is 12.6. The zero-order valence-electron chi connectivity index (χ0n) is 17.5. The molecule has 154 valence electrons. The second kappa shape index (κ2) is 8.44. The van der Waals surface area contributed by atoms with Crippen LogP contribution in [0.15, 0.2) is 30.3 Å². The lowest BCUT2D eigenvalue weighted by atomic mass is 10.0. The number of carbonyl (C=O) groups excluding carboxylic acids is 2. The summed E-state index contributed by atoms with van der Waals surface area (Å²) in [5.41, 5.74) is 3.53. The van der Waals surface area contributed by atoms with Crippen LogP contribution in [0.1, 0.15) is 45.7 Å². The lowest BCUT2D eigenvalue weighted by molar-refractivity contribution is -0.136. The molecule has 1 heterocycles. The normalized spacial score (nSPS) is 20.2. The molecule has 2 N–H and O–H groups in total. The molecule has 0 aliphatic carbocycles. The molecule has 1 aliphatic rings. The number of esters is 1. The highest BCUT2D eigenvalue weighted by Crippen LogP contribution is 2.42. The van der Waals surface area contributed by atoms with Crippen molar-refractivity contribution < 1.29 is 18.8 Å². The van der Waals surface area contributed by atoms with Gasteiger partial charge in [-0.2, -0.15) is 0 Å². The molecular weight excluding hydrogens is 374 g/mol. The number of nitrogens with one attached hydrogen (secondary N) is 2. The minimum atomic E-state index is -2.13. The molecule has 28 heavy (non-hydrogen) atoms. The van der Waals surface area contributed by atoms with E-state index in [-0.39, 0.29) is 30.1 Å². The molecule has 0 aromatic heterocycles. The van der Waals surface area contributed by atoms with Gasteiger partial charge in [0.1, 0.15) is 6.04 Å². The number of nitrogens with zero attached hydrogens (tertiary/aromatic N) is 1. The SMILES string of the molecule is CCOC(=O)C(=N)NN1C(=O)CC(O[Si](C)(C)C(C)(C)C)[C@H]1c1ccccc1. The van der Waals surface area contributed by atoms with Crippen molar-refractivity contribution in [3.05, 3.63) is 35.9 Å². The molecule has 0 spiro atoms. The Balaban J connectivity index is 2.33. The summed E-state index contributed by atoms with van der Waals surface area (Å²) < 4.78 is 11.4. The van der Waals surface area contributed by atoms with Crippen molar-refractivity contribution >= 4 is 26.0 Å². The lowest BCUT2D eigenvalue weighted by Crippen LogP contribution is -2.49. The first kappa shape index (κ1) is 22.1. The minimum absolute atomic E-state index is 0.00419. The van der Waals surface area contributed by atoms with Gasteiger partial charge in [-0.05, 0) is 30.6 Å². The Labute approximate surface area is 168 Å². The van der Waals surface area contributed by atoms with Crippen molar-refractivity contribution in [2.45, 2.75) is 64.4 Å². The van der Waals surface area contributed by atoms with E-state index in [1.807, 2.05) is 30.3 Å². The number of hydrogen-bond donors (Lipinski definition) is 2. The maximum Gasteiger partial charge on any atom is 0.375 e. The molecule has 7 nitrogen and oxygen atoms in total. The van der Waals surface area contributed by atoms with Gasteiger partial charge < -0.3 is 9.16 Å². The molecule has 1 aromatic carbocycles. The zero-order valence-corrected chi connectivity index (χ0v) is 18.5. The second-order valence-electron chi connectivity index (χ2n) is 8.45. The van der Waals surface area contributed by atoms with Crippen molar-refractivity contribution in [2.24, 2.45) is 0 Å². The van der Waals surface area contributed by atoms with Gasteiger partial charge in [0.15, 0.2) is 8.32 Å². The van der Waals surface area contributed by atoms with Crippen LogP contribution in [0, 0.1) is 5.41 Å². The molecule has 0 bridgehead atoms. The smallest absolute Gasteiger partial charge is 0.375 e. The van der Waals surface area contributed by atoms with Crippen molar-refractivity contribution in [1.82, 2.24) is 10.4 Å². The van der Waals surface area contributed by atoms with Crippen LogP contribution < -0.4 is 5.43 Å². The van der Waals surface area contributed by atoms with Crippen LogP contribution in [0.2, 0.25) is 18.1 Å². The Morgan fingerprint density at radius 1 is 1.29 bits per heavy atom. The first-order chi connectivity index (χ1) is 13.0. The summed E-state index contributed by atoms with van der Waals surface area (Å²) in [7, 11) is -2.13. The van der Waals surface area contributed by atoms with E-state index < -0.39 is 26.2 Å². The number of amides is 1. The molecular formula is C20H31N3O4Si. The van der Waals surface area contributed by atoms with Gasteiger partial charge >= 0.3 is 5.97 Å². The van der Waals surface area contributed by atoms with Crippen LogP contribution in [0.5, 0.6) is 0 Å². The van der Waals surface area contributed by atoms with Crippen LogP contribution >= 0.6 is 0 Å². The van der Waals surface area contributed by atoms with Crippen LogP contribution in [-0.4, -0.2) is 43.7 Å². The summed E-state index contributed by atoms with van der Waals surface area (Å²) in [5.74, 6) is -1.48. The third kappa shape index (κ3) is 4.80. The molecule has 8 heteroatoms. The third-order valence-corrected chi connectivity index (χ3v) is 9.88. The zero-order chi connectivity index (χ0) is 21.1. The van der Waals surface area contributed by atoms with E-state index in [0.717, 1.165) is 5.56 Å². The van der Waals surface area contributed by atoms with Gasteiger partial charge in [-0.3, -0.25) is 15.6 Å². The van der Waals surface area contributed by atoms with Crippen molar-refractivity contribution in [3.63, 3.8) is 0 Å². The fourth-order valence-corrected chi connectivity index (χ4v) is 4.20. The van der Waals surface area contributed by atoms with Gasteiger partial charge in [0.25, 0.3) is 0 Å². The fourth-order valence-electron chi connectivity index (χ4n) is 2.88. The van der Waals surface area contributed by atoms with E-state index in [2.05, 4.69) is 39.3 Å². The third-order valence-electron chi connectivity index (χ3n) is 5.38. The first-order valence-corrected chi connectivity index (χ1v) is 12.5. The fraction of sp³-hybridized carbons (Fsp3) is 0.550. The average molecular weight is 406 g/mol. The standard InChI is InChI=1S/C20H31N3O4Si/c1-7-26-19(25)18(21)22-23-16(24)13-15(27-28(5,6)20(2,3)4)17(23)14-11-9-8-10-12-14/h8-12,15,17H,7,13H2,1-6H3,(H2,21,22)/t15?,17-/m1/s1. The number of hydrogen-bond acceptors (Lipinski definition) is 5. The van der Waals surface area contributed by atoms with Gasteiger partial charge in [-0.25, -0.2) is 9.80 Å². The van der Waals surface area contributed by atoms with E-state index in [9.17, 15) is 9.59 Å². The largest absolute Gasteiger partial charge is 0.460 e. The Bertz CT molecular complexity index is 731. The summed E-state index contributed by atoms with van der Waals surface area (Å²) in [6.07, 6.45) is -0.173. The molecule has 1 amide bonds. The number of carbonyl (C=O) groups is 2. The second-order valence-corrected chi connectivity index (χ2v) is 13.2. The van der Waals surface area contributed by atoms with Gasteiger partial charge in [0, 0.05) is 0 Å². The van der Waals surface area contributed by atoms with Crippen molar-refractivity contribution in [1.29, 1.82) is 5.41 Å². The van der Waals surface area contributed by atoms with Crippen LogP contribution in [-0.2, 0) is 18.8 Å².